The highest BCUT2D eigenvalue weighted by Crippen LogP contribution is 2.27. The molecule has 0 radical (unpaired) electrons. The zero-order valence-electron chi connectivity index (χ0n) is 17.9. The second-order valence-electron chi connectivity index (χ2n) is 7.25. The Labute approximate surface area is 191 Å². The molecular formula is C26H23N3O2S. The maximum atomic E-state index is 12.6. The number of hydrogen-bond donors (Lipinski definition) is 1. The zero-order valence-corrected chi connectivity index (χ0v) is 18.7. The van der Waals surface area contributed by atoms with Gasteiger partial charge >= 0.3 is 0 Å². The lowest BCUT2D eigenvalue weighted by Crippen LogP contribution is -2.17. The number of carbonyl (C=O) groups is 1. The third-order valence-corrected chi connectivity index (χ3v) is 6.16. The molecule has 0 bridgehead atoms. The minimum absolute atomic E-state index is 0.281. The van der Waals surface area contributed by atoms with Gasteiger partial charge in [0.1, 0.15) is 22.2 Å². The number of ether oxygens (including phenoxy) is 1. The van der Waals surface area contributed by atoms with Crippen molar-refractivity contribution in [2.24, 2.45) is 5.10 Å². The summed E-state index contributed by atoms with van der Waals surface area (Å²) < 4.78 is 6.01. The van der Waals surface area contributed by atoms with Crippen molar-refractivity contribution < 1.29 is 9.53 Å². The van der Waals surface area contributed by atoms with Gasteiger partial charge in [0.25, 0.3) is 5.91 Å². The monoisotopic (exact) mass is 441 g/mol. The van der Waals surface area contributed by atoms with Gasteiger partial charge in [-0.25, -0.2) is 10.4 Å². The van der Waals surface area contributed by atoms with Crippen molar-refractivity contribution >= 4 is 23.5 Å². The van der Waals surface area contributed by atoms with Crippen LogP contribution in [0.5, 0.6) is 5.75 Å². The highest BCUT2D eigenvalue weighted by atomic mass is 32.1. The van der Waals surface area contributed by atoms with Crippen molar-refractivity contribution in [3.8, 4) is 16.3 Å². The lowest BCUT2D eigenvalue weighted by atomic mass is 10.1. The van der Waals surface area contributed by atoms with Crippen LogP contribution in [0.4, 0.5) is 0 Å². The number of amides is 1. The summed E-state index contributed by atoms with van der Waals surface area (Å²) in [7, 11) is 0. The molecule has 6 heteroatoms. The summed E-state index contributed by atoms with van der Waals surface area (Å²) in [5.74, 6) is 0.422. The molecule has 5 nitrogen and oxygen atoms in total. The van der Waals surface area contributed by atoms with Crippen LogP contribution >= 0.6 is 11.3 Å². The van der Waals surface area contributed by atoms with Gasteiger partial charge in [-0.05, 0) is 37.1 Å². The Hall–Kier alpha value is -3.77. The van der Waals surface area contributed by atoms with Gasteiger partial charge in [0.2, 0.25) is 0 Å². The van der Waals surface area contributed by atoms with E-state index in [9.17, 15) is 4.79 Å². The smallest absolute Gasteiger partial charge is 0.283 e. The van der Waals surface area contributed by atoms with Crippen LogP contribution in [0.2, 0.25) is 0 Å². The Morgan fingerprint density at radius 2 is 1.72 bits per heavy atom. The molecule has 1 aromatic heterocycles. The number of aryl methyl sites for hydroxylation is 2. The van der Waals surface area contributed by atoms with E-state index in [4.69, 9.17) is 4.74 Å². The molecule has 0 aliphatic rings. The Balaban J connectivity index is 1.43. The standard InChI is InChI=1S/C26H23N3O2S/c1-18-10-6-7-14-22(18)17-31-23-15-9-8-13-21(23)16-27-29-25(30)24-19(2)28-26(32-24)20-11-4-3-5-12-20/h3-16H,17H2,1-2H3,(H,29,30)/b27-16+. The van der Waals surface area contributed by atoms with Crippen molar-refractivity contribution in [1.82, 2.24) is 10.4 Å². The molecule has 0 saturated heterocycles. The Morgan fingerprint density at radius 1 is 1.00 bits per heavy atom. The third-order valence-electron chi connectivity index (χ3n) is 4.96. The number of aromatic nitrogens is 1. The molecular weight excluding hydrogens is 418 g/mol. The van der Waals surface area contributed by atoms with Crippen LogP contribution in [0.1, 0.15) is 32.1 Å². The molecule has 3 aromatic carbocycles. The largest absolute Gasteiger partial charge is 0.488 e. The number of rotatable bonds is 7. The van der Waals surface area contributed by atoms with Crippen LogP contribution in [0, 0.1) is 13.8 Å². The van der Waals surface area contributed by atoms with E-state index in [-0.39, 0.29) is 5.91 Å². The fourth-order valence-electron chi connectivity index (χ4n) is 3.17. The predicted octanol–water partition coefficient (Wildman–Crippen LogP) is 5.77. The molecule has 0 saturated carbocycles. The number of benzene rings is 3. The summed E-state index contributed by atoms with van der Waals surface area (Å²) >= 11 is 1.36. The Bertz CT molecular complexity index is 1250. The van der Waals surface area contributed by atoms with Gasteiger partial charge in [0.05, 0.1) is 11.9 Å². The zero-order chi connectivity index (χ0) is 22.3. The van der Waals surface area contributed by atoms with Crippen molar-refractivity contribution in [2.45, 2.75) is 20.5 Å². The molecule has 0 aliphatic carbocycles. The summed E-state index contributed by atoms with van der Waals surface area (Å²) in [6.07, 6.45) is 1.60. The summed E-state index contributed by atoms with van der Waals surface area (Å²) in [6.45, 7) is 4.36. The van der Waals surface area contributed by atoms with E-state index < -0.39 is 0 Å². The van der Waals surface area contributed by atoms with Gasteiger partial charge in [0.15, 0.2) is 0 Å². The quantitative estimate of drug-likeness (QED) is 0.292. The van der Waals surface area contributed by atoms with Crippen molar-refractivity contribution in [3.05, 3.63) is 106 Å². The van der Waals surface area contributed by atoms with Crippen LogP contribution < -0.4 is 10.2 Å². The summed E-state index contributed by atoms with van der Waals surface area (Å²) in [5.41, 5.74) is 7.37. The molecule has 0 aliphatic heterocycles. The number of thiazole rings is 1. The normalized spacial score (nSPS) is 10.9. The average Bonchev–Trinajstić information content (AvgIpc) is 3.21. The highest BCUT2D eigenvalue weighted by molar-refractivity contribution is 7.17. The van der Waals surface area contributed by atoms with Crippen molar-refractivity contribution in [2.75, 3.05) is 0 Å². The number of para-hydroxylation sites is 1. The van der Waals surface area contributed by atoms with Gasteiger partial charge in [0, 0.05) is 11.1 Å². The second-order valence-corrected chi connectivity index (χ2v) is 8.25. The number of hydrazone groups is 1. The third kappa shape index (κ3) is 5.10. The molecule has 1 N–H and O–H groups in total. The second kappa shape index (κ2) is 10.0. The first-order chi connectivity index (χ1) is 15.6. The van der Waals surface area contributed by atoms with E-state index in [0.717, 1.165) is 21.7 Å². The molecule has 1 amide bonds. The SMILES string of the molecule is Cc1ccccc1COc1ccccc1/C=N/NC(=O)c1sc(-c2ccccc2)nc1C. The molecule has 4 rings (SSSR count). The van der Waals surface area contributed by atoms with Crippen LogP contribution in [-0.4, -0.2) is 17.1 Å². The lowest BCUT2D eigenvalue weighted by molar-refractivity contribution is 0.0958. The van der Waals surface area contributed by atoms with Gasteiger partial charge < -0.3 is 4.74 Å². The molecule has 32 heavy (non-hydrogen) atoms. The molecule has 160 valence electrons. The minimum Gasteiger partial charge on any atom is -0.488 e. The van der Waals surface area contributed by atoms with Crippen molar-refractivity contribution in [3.63, 3.8) is 0 Å². The maximum absolute atomic E-state index is 12.6. The summed E-state index contributed by atoms with van der Waals surface area (Å²) in [4.78, 5) is 17.7. The maximum Gasteiger partial charge on any atom is 0.283 e. The van der Waals surface area contributed by atoms with Gasteiger partial charge in [-0.3, -0.25) is 4.79 Å². The predicted molar refractivity (Wildman–Crippen MR) is 129 cm³/mol. The average molecular weight is 442 g/mol. The van der Waals surface area contributed by atoms with E-state index in [0.29, 0.717) is 22.9 Å². The van der Waals surface area contributed by atoms with Crippen LogP contribution in [0.25, 0.3) is 10.6 Å². The number of nitrogens with zero attached hydrogens (tertiary/aromatic N) is 2. The molecule has 4 aromatic rings. The van der Waals surface area contributed by atoms with Gasteiger partial charge in [-0.1, -0.05) is 66.7 Å². The van der Waals surface area contributed by atoms with Gasteiger partial charge in [-0.2, -0.15) is 5.10 Å². The summed E-state index contributed by atoms with van der Waals surface area (Å²) in [6, 6.07) is 25.5. The van der Waals surface area contributed by atoms with E-state index in [1.54, 1.807) is 6.21 Å². The van der Waals surface area contributed by atoms with E-state index >= 15 is 0 Å². The molecule has 0 spiro atoms. The van der Waals surface area contributed by atoms with Crippen LogP contribution in [0.15, 0.2) is 84.0 Å². The van der Waals surface area contributed by atoms with Gasteiger partial charge in [-0.15, -0.1) is 11.3 Å². The molecule has 0 fully saturated rings. The van der Waals surface area contributed by atoms with E-state index in [1.165, 1.54) is 16.9 Å². The Morgan fingerprint density at radius 3 is 2.53 bits per heavy atom. The number of hydrogen-bond acceptors (Lipinski definition) is 5. The highest BCUT2D eigenvalue weighted by Gasteiger charge is 2.15. The molecule has 0 atom stereocenters. The Kier molecular flexibility index (Phi) is 6.72. The number of carbonyl (C=O) groups excluding carboxylic acids is 1. The summed E-state index contributed by atoms with van der Waals surface area (Å²) in [5, 5.41) is 4.96. The van der Waals surface area contributed by atoms with Crippen LogP contribution in [-0.2, 0) is 6.61 Å². The first kappa shape index (κ1) is 21.5. The fraction of sp³-hybridized carbons (Fsp3) is 0.115. The van der Waals surface area contributed by atoms with Crippen molar-refractivity contribution in [1.29, 1.82) is 0 Å². The molecule has 1 heterocycles. The fourth-order valence-corrected chi connectivity index (χ4v) is 4.13. The van der Waals surface area contributed by atoms with E-state index in [1.807, 2.05) is 79.7 Å². The lowest BCUT2D eigenvalue weighted by Gasteiger charge is -2.10. The van der Waals surface area contributed by atoms with Crippen LogP contribution in [0.3, 0.4) is 0 Å². The first-order valence-corrected chi connectivity index (χ1v) is 11.1. The van der Waals surface area contributed by atoms with E-state index in [2.05, 4.69) is 28.5 Å². The minimum atomic E-state index is -0.281. The topological polar surface area (TPSA) is 63.6 Å². The first-order valence-electron chi connectivity index (χ1n) is 10.2. The molecule has 0 unspecified atom stereocenters. The number of nitrogens with one attached hydrogen (secondary N) is 1.